The number of nitro benzene ring substituents is 1. The fourth-order valence-corrected chi connectivity index (χ4v) is 2.59. The topological polar surface area (TPSA) is 72.7 Å². The molecule has 20 heavy (non-hydrogen) atoms. The van der Waals surface area contributed by atoms with Crippen molar-refractivity contribution in [1.29, 1.82) is 0 Å². The minimum Gasteiger partial charge on any atom is -0.372 e. The summed E-state index contributed by atoms with van der Waals surface area (Å²) in [6.07, 6.45) is -0.127. The van der Waals surface area contributed by atoms with E-state index in [4.69, 9.17) is 4.74 Å². The lowest BCUT2D eigenvalue weighted by Crippen LogP contribution is -2.48. The Balaban J connectivity index is 2.34. The van der Waals surface area contributed by atoms with Crippen LogP contribution in [0.4, 0.5) is 5.69 Å². The van der Waals surface area contributed by atoms with Gasteiger partial charge >= 0.3 is 0 Å². The molecule has 1 aliphatic heterocycles. The van der Waals surface area contributed by atoms with Gasteiger partial charge in [0.25, 0.3) is 11.6 Å². The molecule has 6 nitrogen and oxygen atoms in total. The smallest absolute Gasteiger partial charge is 0.285 e. The van der Waals surface area contributed by atoms with Crippen molar-refractivity contribution in [3.8, 4) is 0 Å². The molecule has 1 fully saturated rings. The number of amides is 1. The third-order valence-corrected chi connectivity index (χ3v) is 3.36. The number of morpholine rings is 1. The predicted octanol–water partition coefficient (Wildman–Crippen LogP) is 2.15. The molecule has 0 aromatic heterocycles. The average molecular weight is 278 g/mol. The Hall–Kier alpha value is -1.95. The van der Waals surface area contributed by atoms with Crippen LogP contribution in [0.25, 0.3) is 0 Å². The van der Waals surface area contributed by atoms with Crippen molar-refractivity contribution in [2.24, 2.45) is 0 Å². The Morgan fingerprint density at radius 3 is 2.50 bits per heavy atom. The van der Waals surface area contributed by atoms with Crippen molar-refractivity contribution in [3.63, 3.8) is 0 Å². The summed E-state index contributed by atoms with van der Waals surface area (Å²) in [6.45, 7) is 6.32. The first-order chi connectivity index (χ1) is 9.40. The maximum Gasteiger partial charge on any atom is 0.285 e. The molecular weight excluding hydrogens is 260 g/mol. The number of benzene rings is 1. The van der Waals surface area contributed by atoms with Crippen molar-refractivity contribution in [2.75, 3.05) is 13.1 Å². The molecule has 0 N–H and O–H groups in total. The zero-order chi connectivity index (χ0) is 14.9. The van der Waals surface area contributed by atoms with Crippen LogP contribution in [0.5, 0.6) is 0 Å². The molecule has 1 saturated heterocycles. The normalized spacial score (nSPS) is 22.6. The summed E-state index contributed by atoms with van der Waals surface area (Å²) in [5.74, 6) is -0.303. The second kappa shape index (κ2) is 5.58. The van der Waals surface area contributed by atoms with E-state index in [2.05, 4.69) is 0 Å². The molecule has 0 bridgehead atoms. The molecule has 6 heteroatoms. The van der Waals surface area contributed by atoms with Crippen LogP contribution in [0.15, 0.2) is 18.2 Å². The van der Waals surface area contributed by atoms with E-state index in [9.17, 15) is 14.9 Å². The van der Waals surface area contributed by atoms with Crippen LogP contribution in [-0.4, -0.2) is 41.0 Å². The maximum absolute atomic E-state index is 12.5. The van der Waals surface area contributed by atoms with Crippen molar-refractivity contribution in [3.05, 3.63) is 39.4 Å². The molecule has 2 rings (SSSR count). The van der Waals surface area contributed by atoms with Gasteiger partial charge in [0.1, 0.15) is 5.56 Å². The van der Waals surface area contributed by atoms with E-state index in [1.54, 1.807) is 24.0 Å². The highest BCUT2D eigenvalue weighted by Gasteiger charge is 2.31. The number of para-hydroxylation sites is 1. The van der Waals surface area contributed by atoms with Gasteiger partial charge in [-0.25, -0.2) is 0 Å². The van der Waals surface area contributed by atoms with Crippen molar-refractivity contribution < 1.29 is 14.5 Å². The lowest BCUT2D eigenvalue weighted by Gasteiger charge is -2.35. The largest absolute Gasteiger partial charge is 0.372 e. The van der Waals surface area contributed by atoms with Crippen LogP contribution in [0.1, 0.15) is 29.8 Å². The lowest BCUT2D eigenvalue weighted by molar-refractivity contribution is -0.385. The maximum atomic E-state index is 12.5. The Labute approximate surface area is 117 Å². The number of hydrogen-bond donors (Lipinski definition) is 0. The second-order valence-electron chi connectivity index (χ2n) is 5.20. The number of aryl methyl sites for hydroxylation is 1. The zero-order valence-corrected chi connectivity index (χ0v) is 11.8. The van der Waals surface area contributed by atoms with Gasteiger partial charge in [0, 0.05) is 18.7 Å². The minimum atomic E-state index is -0.490. The number of rotatable bonds is 2. The third-order valence-electron chi connectivity index (χ3n) is 3.36. The van der Waals surface area contributed by atoms with Crippen molar-refractivity contribution in [2.45, 2.75) is 33.0 Å². The number of carbonyl (C=O) groups excluding carboxylic acids is 1. The quantitative estimate of drug-likeness (QED) is 0.613. The Morgan fingerprint density at radius 1 is 1.35 bits per heavy atom. The van der Waals surface area contributed by atoms with E-state index < -0.39 is 4.92 Å². The number of carbonyl (C=O) groups is 1. The van der Waals surface area contributed by atoms with Gasteiger partial charge in [0.2, 0.25) is 0 Å². The first kappa shape index (κ1) is 14.5. The summed E-state index contributed by atoms with van der Waals surface area (Å²) in [6, 6.07) is 4.82. The molecular formula is C14H18N2O4. The Kier molecular flexibility index (Phi) is 4.04. The second-order valence-corrected chi connectivity index (χ2v) is 5.20. The molecule has 0 saturated carbocycles. The van der Waals surface area contributed by atoms with Gasteiger partial charge in [0.05, 0.1) is 17.1 Å². The van der Waals surface area contributed by atoms with Crippen LogP contribution in [-0.2, 0) is 4.74 Å². The predicted molar refractivity (Wildman–Crippen MR) is 73.7 cm³/mol. The molecule has 1 amide bonds. The lowest BCUT2D eigenvalue weighted by atomic mass is 10.1. The standard InChI is InChI=1S/C14H18N2O4/c1-9-5-4-6-12(13(9)16(18)19)14(17)15-7-10(2)20-11(3)8-15/h4-6,10-11H,7-8H2,1-3H3/t10-,11-/m1/s1. The molecule has 1 aliphatic rings. The highest BCUT2D eigenvalue weighted by molar-refractivity contribution is 5.98. The molecule has 1 heterocycles. The fourth-order valence-electron chi connectivity index (χ4n) is 2.59. The molecule has 2 atom stereocenters. The molecule has 0 aliphatic carbocycles. The molecule has 0 radical (unpaired) electrons. The molecule has 0 unspecified atom stereocenters. The number of ether oxygens (including phenoxy) is 1. The van der Waals surface area contributed by atoms with Gasteiger partial charge in [0.15, 0.2) is 0 Å². The van der Waals surface area contributed by atoms with E-state index in [-0.39, 0.29) is 29.4 Å². The zero-order valence-electron chi connectivity index (χ0n) is 11.8. The van der Waals surface area contributed by atoms with Crippen LogP contribution < -0.4 is 0 Å². The number of nitro groups is 1. The highest BCUT2D eigenvalue weighted by atomic mass is 16.6. The summed E-state index contributed by atoms with van der Waals surface area (Å²) in [4.78, 5) is 24.8. The minimum absolute atomic E-state index is 0.0634. The number of nitrogens with zero attached hydrogens (tertiary/aromatic N) is 2. The monoisotopic (exact) mass is 278 g/mol. The highest BCUT2D eigenvalue weighted by Crippen LogP contribution is 2.25. The molecule has 1 aromatic rings. The summed E-state index contributed by atoms with van der Waals surface area (Å²) in [5, 5.41) is 11.2. The van der Waals surface area contributed by atoms with Gasteiger partial charge in [-0.3, -0.25) is 14.9 Å². The van der Waals surface area contributed by atoms with Crippen LogP contribution in [0.2, 0.25) is 0 Å². The molecule has 108 valence electrons. The first-order valence-corrected chi connectivity index (χ1v) is 6.59. The fraction of sp³-hybridized carbons (Fsp3) is 0.500. The van der Waals surface area contributed by atoms with Crippen LogP contribution in [0, 0.1) is 17.0 Å². The third kappa shape index (κ3) is 2.80. The number of hydrogen-bond acceptors (Lipinski definition) is 4. The van der Waals surface area contributed by atoms with E-state index in [1.165, 1.54) is 6.07 Å². The summed E-state index contributed by atoms with van der Waals surface area (Å²) < 4.78 is 5.58. The van der Waals surface area contributed by atoms with Gasteiger partial charge in [-0.15, -0.1) is 0 Å². The van der Waals surface area contributed by atoms with Gasteiger partial charge in [-0.1, -0.05) is 12.1 Å². The van der Waals surface area contributed by atoms with Gasteiger partial charge in [-0.05, 0) is 26.8 Å². The summed E-state index contributed by atoms with van der Waals surface area (Å²) in [5.41, 5.74) is 0.538. The van der Waals surface area contributed by atoms with Crippen LogP contribution >= 0.6 is 0 Å². The first-order valence-electron chi connectivity index (χ1n) is 6.59. The Morgan fingerprint density at radius 2 is 1.95 bits per heavy atom. The Bertz CT molecular complexity index is 534. The van der Waals surface area contributed by atoms with E-state index in [1.807, 2.05) is 13.8 Å². The van der Waals surface area contributed by atoms with Crippen LogP contribution in [0.3, 0.4) is 0 Å². The van der Waals surface area contributed by atoms with Crippen molar-refractivity contribution >= 4 is 11.6 Å². The van der Waals surface area contributed by atoms with E-state index in [0.717, 1.165) is 0 Å². The molecule has 0 spiro atoms. The summed E-state index contributed by atoms with van der Waals surface area (Å²) in [7, 11) is 0. The average Bonchev–Trinajstić information content (AvgIpc) is 2.35. The van der Waals surface area contributed by atoms with Crippen molar-refractivity contribution in [1.82, 2.24) is 4.90 Å². The summed E-state index contributed by atoms with van der Waals surface area (Å²) >= 11 is 0. The van der Waals surface area contributed by atoms with E-state index >= 15 is 0 Å². The van der Waals surface area contributed by atoms with Gasteiger partial charge < -0.3 is 9.64 Å². The SMILES string of the molecule is Cc1cccc(C(=O)N2C[C@@H](C)O[C@H](C)C2)c1[N+](=O)[O-]. The van der Waals surface area contributed by atoms with E-state index in [0.29, 0.717) is 18.7 Å². The molecule has 1 aromatic carbocycles. The van der Waals surface area contributed by atoms with Gasteiger partial charge in [-0.2, -0.15) is 0 Å².